The quantitative estimate of drug-likeness (QED) is 0.583. The molecule has 0 fully saturated rings. The number of allylic oxidation sites excluding steroid dienone is 1. The van der Waals surface area contributed by atoms with Crippen LogP contribution in [0.1, 0.15) is 40.3 Å². The second kappa shape index (κ2) is 8.22. The molecule has 0 bridgehead atoms. The molecule has 14 heteroatoms. The van der Waals surface area contributed by atoms with Crippen LogP contribution in [0.3, 0.4) is 0 Å². The molecule has 0 radical (unpaired) electrons. The molecule has 0 aliphatic carbocycles. The van der Waals surface area contributed by atoms with E-state index in [0.29, 0.717) is 17.5 Å². The number of tetrazole rings is 1. The molecule has 3 aromatic rings. The molecule has 31 heavy (non-hydrogen) atoms. The van der Waals surface area contributed by atoms with E-state index in [-0.39, 0.29) is 35.1 Å². The number of nitrogens with two attached hydrogens (primary N) is 1. The van der Waals surface area contributed by atoms with Gasteiger partial charge in [0.15, 0.2) is 17.5 Å². The van der Waals surface area contributed by atoms with Crippen molar-refractivity contribution in [3.05, 3.63) is 41.2 Å². The van der Waals surface area contributed by atoms with E-state index in [2.05, 4.69) is 37.2 Å². The zero-order chi connectivity index (χ0) is 22.9. The number of primary amides is 1. The van der Waals surface area contributed by atoms with Gasteiger partial charge < -0.3 is 10.5 Å². The van der Waals surface area contributed by atoms with Crippen LogP contribution >= 0.6 is 0 Å². The Morgan fingerprint density at radius 2 is 1.94 bits per heavy atom. The number of carbonyl (C=O) groups excluding carboxylic acids is 1. The van der Waals surface area contributed by atoms with Crippen molar-refractivity contribution < 1.29 is 22.7 Å². The van der Waals surface area contributed by atoms with Gasteiger partial charge in [0.25, 0.3) is 5.91 Å². The van der Waals surface area contributed by atoms with Gasteiger partial charge in [-0.25, -0.2) is 19.3 Å². The van der Waals surface area contributed by atoms with Crippen LogP contribution in [-0.4, -0.2) is 45.9 Å². The molecule has 164 valence electrons. The van der Waals surface area contributed by atoms with Gasteiger partial charge in [0.1, 0.15) is 12.3 Å². The second-order valence-electron chi connectivity index (χ2n) is 6.61. The summed E-state index contributed by atoms with van der Waals surface area (Å²) in [5.74, 6) is -0.268. The van der Waals surface area contributed by atoms with Crippen molar-refractivity contribution >= 4 is 11.5 Å². The van der Waals surface area contributed by atoms with Crippen LogP contribution < -0.4 is 5.73 Å². The number of hydrogen-bond donors (Lipinski definition) is 1. The Hall–Kier alpha value is -3.68. The van der Waals surface area contributed by atoms with Crippen molar-refractivity contribution in [1.29, 1.82) is 0 Å². The lowest BCUT2D eigenvalue weighted by Gasteiger charge is -2.15. The first-order chi connectivity index (χ1) is 14.5. The third-order valence-electron chi connectivity index (χ3n) is 4.15. The van der Waals surface area contributed by atoms with E-state index in [1.54, 1.807) is 14.0 Å². The third kappa shape index (κ3) is 4.58. The topological polar surface area (TPSA) is 140 Å². The maximum Gasteiger partial charge on any atom is 0.433 e. The van der Waals surface area contributed by atoms with Crippen molar-refractivity contribution in [3.8, 4) is 11.4 Å². The van der Waals surface area contributed by atoms with Crippen molar-refractivity contribution in [2.45, 2.75) is 26.3 Å². The van der Waals surface area contributed by atoms with Gasteiger partial charge in [-0.2, -0.15) is 18.3 Å². The number of alkyl halides is 3. The molecule has 0 atom stereocenters. The summed E-state index contributed by atoms with van der Waals surface area (Å²) < 4.78 is 48.3. The van der Waals surface area contributed by atoms with Gasteiger partial charge in [0.05, 0.1) is 17.9 Å². The van der Waals surface area contributed by atoms with Crippen molar-refractivity contribution in [2.75, 3.05) is 0 Å². The van der Waals surface area contributed by atoms with Crippen LogP contribution in [0.25, 0.3) is 17.0 Å². The molecular weight excluding hydrogens is 419 g/mol. The highest BCUT2D eigenvalue weighted by molar-refractivity contribution is 6.00. The second-order valence-corrected chi connectivity index (χ2v) is 6.61. The molecule has 0 saturated heterocycles. The number of rotatable bonds is 7. The van der Waals surface area contributed by atoms with Crippen molar-refractivity contribution in [2.24, 2.45) is 19.8 Å². The van der Waals surface area contributed by atoms with Gasteiger partial charge in [-0.15, -0.1) is 5.10 Å². The first kappa shape index (κ1) is 22.0. The highest BCUT2D eigenvalue weighted by atomic mass is 19.4. The van der Waals surface area contributed by atoms with E-state index < -0.39 is 24.4 Å². The number of hydrogen-bond acceptors (Lipinski definition) is 8. The summed E-state index contributed by atoms with van der Waals surface area (Å²) in [7, 11) is 3.08. The molecule has 0 aliphatic rings. The standard InChI is InChI=1S/C17H18F3N9O2/c1-8(2)15-23-12(25-28(15)3)7-31-6-10-13(14(21)30)9(16-24-26-27-29(16)4)5-11(22-10)17(18,19)20/h5H,1,6-7H2,2-4H3,(H2,21,30). The van der Waals surface area contributed by atoms with E-state index in [0.717, 1.165) is 4.68 Å². The molecule has 3 aromatic heterocycles. The Balaban J connectivity index is 1.98. The molecule has 3 heterocycles. The van der Waals surface area contributed by atoms with E-state index in [1.165, 1.54) is 11.7 Å². The Morgan fingerprint density at radius 1 is 1.23 bits per heavy atom. The maximum absolute atomic E-state index is 13.4. The van der Waals surface area contributed by atoms with Crippen LogP contribution in [0.15, 0.2) is 12.6 Å². The lowest BCUT2D eigenvalue weighted by atomic mass is 10.0. The molecule has 3 rings (SSSR count). The third-order valence-corrected chi connectivity index (χ3v) is 4.15. The number of carbonyl (C=O) groups is 1. The number of ether oxygens (including phenoxy) is 1. The fourth-order valence-corrected chi connectivity index (χ4v) is 2.87. The minimum atomic E-state index is -4.79. The van der Waals surface area contributed by atoms with Crippen molar-refractivity contribution in [1.82, 2.24) is 40.0 Å². The molecule has 0 spiro atoms. The summed E-state index contributed by atoms with van der Waals surface area (Å²) in [6, 6.07) is 0.675. The monoisotopic (exact) mass is 437 g/mol. The van der Waals surface area contributed by atoms with Gasteiger partial charge >= 0.3 is 6.18 Å². The first-order valence-corrected chi connectivity index (χ1v) is 8.76. The van der Waals surface area contributed by atoms with Gasteiger partial charge in [-0.05, 0) is 29.0 Å². The molecule has 0 saturated carbocycles. The highest BCUT2D eigenvalue weighted by Crippen LogP contribution is 2.33. The predicted octanol–water partition coefficient (Wildman–Crippen LogP) is 1.27. The summed E-state index contributed by atoms with van der Waals surface area (Å²) >= 11 is 0. The minimum Gasteiger partial charge on any atom is -0.367 e. The molecule has 0 aromatic carbocycles. The summed E-state index contributed by atoms with van der Waals surface area (Å²) in [6.45, 7) is 4.94. The number of nitrogens with zero attached hydrogens (tertiary/aromatic N) is 8. The molecule has 0 aliphatic heterocycles. The van der Waals surface area contributed by atoms with Crippen LogP contribution in [0.4, 0.5) is 13.2 Å². The summed E-state index contributed by atoms with van der Waals surface area (Å²) in [6.07, 6.45) is -4.79. The fourth-order valence-electron chi connectivity index (χ4n) is 2.87. The van der Waals surface area contributed by atoms with E-state index in [1.807, 2.05) is 0 Å². The SMILES string of the molecule is C=C(C)c1nc(COCc2nc(C(F)(F)F)cc(-c3nnnn3C)c2C(N)=O)nn1C. The minimum absolute atomic E-state index is 0.0829. The summed E-state index contributed by atoms with van der Waals surface area (Å²) in [5.41, 5.74) is 4.09. The van der Waals surface area contributed by atoms with Crippen LogP contribution in [0.2, 0.25) is 0 Å². The van der Waals surface area contributed by atoms with Gasteiger partial charge in [0, 0.05) is 19.7 Å². The van der Waals surface area contributed by atoms with E-state index in [9.17, 15) is 18.0 Å². The highest BCUT2D eigenvalue weighted by Gasteiger charge is 2.35. The van der Waals surface area contributed by atoms with Gasteiger partial charge in [-0.3, -0.25) is 4.79 Å². The number of aryl methyl sites for hydroxylation is 2. The van der Waals surface area contributed by atoms with Gasteiger partial charge in [-0.1, -0.05) is 6.58 Å². The molecule has 2 N–H and O–H groups in total. The molecule has 11 nitrogen and oxygen atoms in total. The predicted molar refractivity (Wildman–Crippen MR) is 99.8 cm³/mol. The number of amides is 1. The molecule has 0 unspecified atom stereocenters. The Bertz CT molecular complexity index is 1150. The zero-order valence-electron chi connectivity index (χ0n) is 16.8. The smallest absolute Gasteiger partial charge is 0.367 e. The lowest BCUT2D eigenvalue weighted by Crippen LogP contribution is -2.21. The maximum atomic E-state index is 13.4. The zero-order valence-corrected chi connectivity index (χ0v) is 16.8. The van der Waals surface area contributed by atoms with Crippen molar-refractivity contribution in [3.63, 3.8) is 0 Å². The van der Waals surface area contributed by atoms with Crippen LogP contribution in [-0.2, 0) is 38.2 Å². The van der Waals surface area contributed by atoms with Crippen LogP contribution in [0.5, 0.6) is 0 Å². The first-order valence-electron chi connectivity index (χ1n) is 8.76. The van der Waals surface area contributed by atoms with Gasteiger partial charge in [0.2, 0.25) is 0 Å². The molecular formula is C17H18F3N9O2. The normalized spacial score (nSPS) is 11.7. The Morgan fingerprint density at radius 3 is 2.45 bits per heavy atom. The lowest BCUT2D eigenvalue weighted by molar-refractivity contribution is -0.141. The number of aromatic nitrogens is 8. The summed E-state index contributed by atoms with van der Waals surface area (Å²) in [4.78, 5) is 19.9. The Kier molecular flexibility index (Phi) is 5.83. The fraction of sp³-hybridized carbons (Fsp3) is 0.353. The molecule has 1 amide bonds. The summed E-state index contributed by atoms with van der Waals surface area (Å²) in [5, 5.41) is 14.8. The Labute approximate surface area is 173 Å². The van der Waals surface area contributed by atoms with E-state index >= 15 is 0 Å². The largest absolute Gasteiger partial charge is 0.433 e. The number of halogens is 3. The average Bonchev–Trinajstić information content (AvgIpc) is 3.25. The van der Waals surface area contributed by atoms with E-state index in [4.69, 9.17) is 10.5 Å². The number of pyridine rings is 1. The average molecular weight is 437 g/mol. The van der Waals surface area contributed by atoms with Crippen LogP contribution in [0, 0.1) is 0 Å².